The summed E-state index contributed by atoms with van der Waals surface area (Å²) in [5, 5.41) is 9.74. The first-order valence-corrected chi connectivity index (χ1v) is 6.46. The maximum absolute atomic E-state index is 8.94. The molecule has 0 unspecified atom stereocenters. The van der Waals surface area contributed by atoms with Gasteiger partial charge in [-0.2, -0.15) is 11.8 Å². The minimum atomic E-state index is 0.00359. The first-order chi connectivity index (χ1) is 7.38. The molecule has 3 nitrogen and oxygen atoms in total. The van der Waals surface area contributed by atoms with Gasteiger partial charge in [0.1, 0.15) is 5.82 Å². The van der Waals surface area contributed by atoms with E-state index in [0.717, 1.165) is 16.8 Å². The number of thioether (sulfide) groups is 1. The van der Waals surface area contributed by atoms with Crippen molar-refractivity contribution in [2.75, 3.05) is 0 Å². The fourth-order valence-corrected chi connectivity index (χ4v) is 3.04. The van der Waals surface area contributed by atoms with Gasteiger partial charge in [-0.25, -0.2) is 9.97 Å². The van der Waals surface area contributed by atoms with Crippen LogP contribution in [0.1, 0.15) is 37.2 Å². The molecular weight excluding hydrogens is 208 g/mol. The van der Waals surface area contributed by atoms with Gasteiger partial charge in [-0.15, -0.1) is 0 Å². The van der Waals surface area contributed by atoms with Crippen LogP contribution in [-0.4, -0.2) is 20.3 Å². The van der Waals surface area contributed by atoms with Crippen molar-refractivity contribution >= 4 is 11.8 Å². The van der Waals surface area contributed by atoms with Gasteiger partial charge < -0.3 is 5.11 Å². The number of hydrogen-bond acceptors (Lipinski definition) is 4. The average molecular weight is 224 g/mol. The van der Waals surface area contributed by atoms with Crippen molar-refractivity contribution in [3.8, 4) is 0 Å². The zero-order chi connectivity index (χ0) is 10.5. The Morgan fingerprint density at radius 1 is 1.40 bits per heavy atom. The molecule has 0 saturated heterocycles. The number of aromatic nitrogens is 2. The Hall–Kier alpha value is -0.610. The zero-order valence-electron chi connectivity index (χ0n) is 8.72. The molecule has 1 N–H and O–H groups in total. The minimum Gasteiger partial charge on any atom is -0.390 e. The molecule has 0 spiro atoms. The Morgan fingerprint density at radius 2 is 2.20 bits per heavy atom. The van der Waals surface area contributed by atoms with E-state index in [2.05, 4.69) is 9.97 Å². The van der Waals surface area contributed by atoms with Crippen LogP contribution in [0.15, 0.2) is 12.3 Å². The molecule has 0 radical (unpaired) electrons. The summed E-state index contributed by atoms with van der Waals surface area (Å²) >= 11 is 1.95. The molecule has 15 heavy (non-hydrogen) atoms. The third kappa shape index (κ3) is 3.18. The van der Waals surface area contributed by atoms with Gasteiger partial charge in [0.05, 0.1) is 18.1 Å². The summed E-state index contributed by atoms with van der Waals surface area (Å²) in [4.78, 5) is 8.48. The molecule has 1 aliphatic carbocycles. The van der Waals surface area contributed by atoms with E-state index in [4.69, 9.17) is 5.11 Å². The molecule has 1 saturated carbocycles. The first kappa shape index (κ1) is 10.9. The summed E-state index contributed by atoms with van der Waals surface area (Å²) in [6.07, 6.45) is 7.14. The van der Waals surface area contributed by atoms with Crippen LogP contribution in [0.2, 0.25) is 0 Å². The van der Waals surface area contributed by atoms with Crippen molar-refractivity contribution in [3.05, 3.63) is 23.8 Å². The molecule has 2 rings (SSSR count). The lowest BCUT2D eigenvalue weighted by molar-refractivity contribution is 0.276. The largest absolute Gasteiger partial charge is 0.390 e. The maximum Gasteiger partial charge on any atom is 0.138 e. The topological polar surface area (TPSA) is 46.0 Å². The second-order valence-electron chi connectivity index (χ2n) is 3.84. The van der Waals surface area contributed by atoms with Crippen LogP contribution in [0, 0.1) is 0 Å². The van der Waals surface area contributed by atoms with Crippen molar-refractivity contribution < 1.29 is 5.11 Å². The molecule has 1 heterocycles. The highest BCUT2D eigenvalue weighted by Crippen LogP contribution is 2.30. The Balaban J connectivity index is 1.86. The first-order valence-electron chi connectivity index (χ1n) is 5.42. The number of rotatable bonds is 4. The Kier molecular flexibility index (Phi) is 3.97. The molecule has 0 amide bonds. The fraction of sp³-hybridized carbons (Fsp3) is 0.636. The summed E-state index contributed by atoms with van der Waals surface area (Å²) in [5.41, 5.74) is 0.715. The van der Waals surface area contributed by atoms with E-state index in [9.17, 15) is 0 Å². The second-order valence-corrected chi connectivity index (χ2v) is 5.13. The van der Waals surface area contributed by atoms with E-state index in [1.54, 1.807) is 12.3 Å². The SMILES string of the molecule is OCc1ccnc(CSC2CCCC2)n1. The van der Waals surface area contributed by atoms with Gasteiger partial charge in [0.15, 0.2) is 0 Å². The van der Waals surface area contributed by atoms with Gasteiger partial charge in [-0.05, 0) is 18.9 Å². The van der Waals surface area contributed by atoms with Gasteiger partial charge in [0.25, 0.3) is 0 Å². The van der Waals surface area contributed by atoms with E-state index < -0.39 is 0 Å². The lowest BCUT2D eigenvalue weighted by atomic mass is 10.4. The molecule has 0 aromatic carbocycles. The Morgan fingerprint density at radius 3 is 2.93 bits per heavy atom. The highest BCUT2D eigenvalue weighted by molar-refractivity contribution is 7.99. The number of aliphatic hydroxyl groups is 1. The minimum absolute atomic E-state index is 0.00359. The van der Waals surface area contributed by atoms with E-state index in [0.29, 0.717) is 5.69 Å². The van der Waals surface area contributed by atoms with Crippen molar-refractivity contribution in [1.82, 2.24) is 9.97 Å². The molecule has 1 aromatic heterocycles. The number of aliphatic hydroxyl groups excluding tert-OH is 1. The number of hydrogen-bond donors (Lipinski definition) is 1. The molecule has 0 bridgehead atoms. The lowest BCUT2D eigenvalue weighted by Gasteiger charge is -2.07. The van der Waals surface area contributed by atoms with Gasteiger partial charge in [0.2, 0.25) is 0 Å². The van der Waals surface area contributed by atoms with E-state index >= 15 is 0 Å². The summed E-state index contributed by atoms with van der Waals surface area (Å²) in [5.74, 6) is 1.72. The Bertz CT molecular complexity index is 313. The van der Waals surface area contributed by atoms with Crippen molar-refractivity contribution in [2.45, 2.75) is 43.3 Å². The van der Waals surface area contributed by atoms with Crippen LogP contribution < -0.4 is 0 Å². The van der Waals surface area contributed by atoms with Gasteiger partial charge in [0, 0.05) is 11.4 Å². The van der Waals surface area contributed by atoms with Crippen molar-refractivity contribution in [1.29, 1.82) is 0 Å². The number of nitrogens with zero attached hydrogens (tertiary/aromatic N) is 2. The van der Waals surface area contributed by atoms with Crippen LogP contribution in [0.4, 0.5) is 0 Å². The van der Waals surface area contributed by atoms with Crippen LogP contribution in [0.25, 0.3) is 0 Å². The highest BCUT2D eigenvalue weighted by Gasteiger charge is 2.15. The predicted octanol–water partition coefficient (Wildman–Crippen LogP) is 2.14. The molecule has 1 fully saturated rings. The lowest BCUT2D eigenvalue weighted by Crippen LogP contribution is -2.00. The standard InChI is InChI=1S/C11H16N2OS/c14-7-9-5-6-12-11(13-9)8-15-10-3-1-2-4-10/h5-6,10,14H,1-4,7-8H2. The second kappa shape index (κ2) is 5.47. The zero-order valence-corrected chi connectivity index (χ0v) is 9.54. The van der Waals surface area contributed by atoms with Gasteiger partial charge >= 0.3 is 0 Å². The molecule has 0 aliphatic heterocycles. The molecular formula is C11H16N2OS. The molecule has 1 aliphatic rings. The average Bonchev–Trinajstić information content (AvgIpc) is 2.79. The molecule has 82 valence electrons. The van der Waals surface area contributed by atoms with Crippen LogP contribution in [-0.2, 0) is 12.4 Å². The summed E-state index contributed by atoms with van der Waals surface area (Å²) in [6.45, 7) is 0.00359. The maximum atomic E-state index is 8.94. The van der Waals surface area contributed by atoms with Gasteiger partial charge in [-0.3, -0.25) is 0 Å². The molecule has 0 atom stereocenters. The molecule has 1 aromatic rings. The Labute approximate surface area is 94.3 Å². The summed E-state index contributed by atoms with van der Waals surface area (Å²) in [7, 11) is 0. The van der Waals surface area contributed by atoms with E-state index in [1.807, 2.05) is 11.8 Å². The normalized spacial score (nSPS) is 17.1. The van der Waals surface area contributed by atoms with E-state index in [1.165, 1.54) is 25.7 Å². The van der Waals surface area contributed by atoms with Crippen LogP contribution >= 0.6 is 11.8 Å². The van der Waals surface area contributed by atoms with Crippen molar-refractivity contribution in [3.63, 3.8) is 0 Å². The highest BCUT2D eigenvalue weighted by atomic mass is 32.2. The van der Waals surface area contributed by atoms with Gasteiger partial charge in [-0.1, -0.05) is 12.8 Å². The monoisotopic (exact) mass is 224 g/mol. The van der Waals surface area contributed by atoms with E-state index in [-0.39, 0.29) is 6.61 Å². The summed E-state index contributed by atoms with van der Waals surface area (Å²) < 4.78 is 0. The quantitative estimate of drug-likeness (QED) is 0.851. The third-order valence-corrected chi connectivity index (χ3v) is 4.04. The third-order valence-electron chi connectivity index (χ3n) is 2.68. The smallest absolute Gasteiger partial charge is 0.138 e. The van der Waals surface area contributed by atoms with Crippen LogP contribution in [0.5, 0.6) is 0 Å². The van der Waals surface area contributed by atoms with Crippen LogP contribution in [0.3, 0.4) is 0 Å². The van der Waals surface area contributed by atoms with Crippen molar-refractivity contribution in [2.24, 2.45) is 0 Å². The molecule has 4 heteroatoms. The fourth-order valence-electron chi connectivity index (χ4n) is 1.85. The summed E-state index contributed by atoms with van der Waals surface area (Å²) in [6, 6.07) is 1.75. The predicted molar refractivity (Wildman–Crippen MR) is 61.5 cm³/mol.